The summed E-state index contributed by atoms with van der Waals surface area (Å²) >= 11 is 5.06. The Bertz CT molecular complexity index is 606. The first-order valence-corrected chi connectivity index (χ1v) is 6.91. The minimum Gasteiger partial charge on any atom is -0.384 e. The van der Waals surface area contributed by atoms with Gasteiger partial charge in [0, 0.05) is 22.0 Å². The van der Waals surface area contributed by atoms with Crippen LogP contribution in [-0.2, 0) is 7.05 Å². The monoisotopic (exact) mass is 324 g/mol. The van der Waals surface area contributed by atoms with E-state index in [4.69, 9.17) is 11.1 Å². The van der Waals surface area contributed by atoms with Gasteiger partial charge in [0.1, 0.15) is 5.84 Å². The van der Waals surface area contributed by atoms with Crippen LogP contribution in [0.25, 0.3) is 0 Å². The van der Waals surface area contributed by atoms with Crippen LogP contribution in [0, 0.1) is 12.3 Å². The topological polar surface area (TPSA) is 67.7 Å². The normalized spacial score (nSPS) is 10.6. The first-order valence-electron chi connectivity index (χ1n) is 5.30. The van der Waals surface area contributed by atoms with Gasteiger partial charge in [0.05, 0.1) is 10.7 Å². The van der Waals surface area contributed by atoms with Gasteiger partial charge in [0.15, 0.2) is 0 Å². The van der Waals surface area contributed by atoms with Crippen LogP contribution < -0.4 is 5.73 Å². The predicted molar refractivity (Wildman–Crippen MR) is 77.2 cm³/mol. The molecule has 0 radical (unpaired) electrons. The summed E-state index contributed by atoms with van der Waals surface area (Å²) in [5.41, 5.74) is 7.19. The van der Waals surface area contributed by atoms with Gasteiger partial charge in [-0.05, 0) is 47.1 Å². The van der Waals surface area contributed by atoms with Gasteiger partial charge in [-0.1, -0.05) is 11.8 Å². The zero-order chi connectivity index (χ0) is 13.3. The van der Waals surface area contributed by atoms with E-state index in [1.54, 1.807) is 11.8 Å². The number of nitrogen functional groups attached to an aromatic ring is 1. The maximum atomic E-state index is 7.43. The van der Waals surface area contributed by atoms with Crippen molar-refractivity contribution >= 4 is 33.5 Å². The van der Waals surface area contributed by atoms with Gasteiger partial charge in [0.2, 0.25) is 0 Å². The molecule has 0 atom stereocenters. The number of nitrogens with zero attached hydrogens (tertiary/aromatic N) is 2. The number of amidine groups is 1. The minimum absolute atomic E-state index is 0.0646. The summed E-state index contributed by atoms with van der Waals surface area (Å²) in [6, 6.07) is 7.80. The molecule has 1 heterocycles. The second kappa shape index (κ2) is 5.16. The molecular weight excluding hydrogens is 312 g/mol. The molecule has 1 aromatic carbocycles. The van der Waals surface area contributed by atoms with Gasteiger partial charge < -0.3 is 5.73 Å². The van der Waals surface area contributed by atoms with E-state index in [0.717, 1.165) is 20.1 Å². The van der Waals surface area contributed by atoms with Gasteiger partial charge in [-0.2, -0.15) is 5.10 Å². The lowest BCUT2D eigenvalue weighted by Gasteiger charge is -2.06. The second-order valence-corrected chi connectivity index (χ2v) is 5.85. The van der Waals surface area contributed by atoms with E-state index >= 15 is 0 Å². The molecule has 0 aliphatic carbocycles. The Kier molecular flexibility index (Phi) is 3.77. The van der Waals surface area contributed by atoms with Crippen molar-refractivity contribution in [3.8, 4) is 0 Å². The van der Waals surface area contributed by atoms with Crippen LogP contribution in [0.1, 0.15) is 11.3 Å². The number of aryl methyl sites for hydroxylation is 2. The Labute approximate surface area is 118 Å². The average Bonchev–Trinajstić information content (AvgIpc) is 2.57. The molecule has 6 heteroatoms. The number of benzene rings is 1. The largest absolute Gasteiger partial charge is 0.384 e. The number of nitrogens with two attached hydrogens (primary N) is 1. The molecule has 0 bridgehead atoms. The molecule has 3 N–H and O–H groups in total. The molecule has 1 aromatic heterocycles. The molecule has 0 spiro atoms. The third-order valence-electron chi connectivity index (χ3n) is 2.41. The summed E-state index contributed by atoms with van der Waals surface area (Å²) in [6.07, 6.45) is 0. The first-order chi connectivity index (χ1) is 8.47. The molecule has 0 saturated heterocycles. The SMILES string of the molecule is Cc1cc(Sc2ccc(C(=N)N)c(Br)c2)n(C)n1. The standard InChI is InChI=1S/C12H13BrN4S/c1-7-5-11(17(2)16-7)18-8-3-4-9(12(14)15)10(13)6-8/h3-6H,1-2H3,(H3,14,15). The highest BCUT2D eigenvalue weighted by Gasteiger charge is 2.08. The molecule has 94 valence electrons. The smallest absolute Gasteiger partial charge is 0.123 e. The summed E-state index contributed by atoms with van der Waals surface area (Å²) < 4.78 is 2.69. The lowest BCUT2D eigenvalue weighted by Crippen LogP contribution is -2.11. The van der Waals surface area contributed by atoms with E-state index < -0.39 is 0 Å². The molecule has 0 fully saturated rings. The maximum Gasteiger partial charge on any atom is 0.123 e. The Morgan fingerprint density at radius 3 is 2.67 bits per heavy atom. The highest BCUT2D eigenvalue weighted by atomic mass is 79.9. The van der Waals surface area contributed by atoms with Crippen molar-refractivity contribution < 1.29 is 0 Å². The van der Waals surface area contributed by atoms with E-state index in [2.05, 4.69) is 21.0 Å². The van der Waals surface area contributed by atoms with Crippen molar-refractivity contribution in [3.63, 3.8) is 0 Å². The van der Waals surface area contributed by atoms with Gasteiger partial charge in [-0.25, -0.2) is 0 Å². The maximum absolute atomic E-state index is 7.43. The van der Waals surface area contributed by atoms with Gasteiger partial charge in [-0.15, -0.1) is 0 Å². The van der Waals surface area contributed by atoms with Crippen LogP contribution in [0.2, 0.25) is 0 Å². The highest BCUT2D eigenvalue weighted by molar-refractivity contribution is 9.10. The van der Waals surface area contributed by atoms with E-state index in [1.807, 2.05) is 42.9 Å². The molecule has 0 amide bonds. The summed E-state index contributed by atoms with van der Waals surface area (Å²) in [4.78, 5) is 1.08. The number of hydrogen-bond acceptors (Lipinski definition) is 3. The van der Waals surface area contributed by atoms with Crippen molar-refractivity contribution in [1.82, 2.24) is 9.78 Å². The van der Waals surface area contributed by atoms with Crippen molar-refractivity contribution in [3.05, 3.63) is 40.0 Å². The molecule has 2 rings (SSSR count). The third kappa shape index (κ3) is 2.76. The lowest BCUT2D eigenvalue weighted by atomic mass is 10.2. The highest BCUT2D eigenvalue weighted by Crippen LogP contribution is 2.31. The summed E-state index contributed by atoms with van der Waals surface area (Å²) in [5, 5.41) is 12.8. The van der Waals surface area contributed by atoms with Crippen LogP contribution >= 0.6 is 27.7 Å². The molecular formula is C12H13BrN4S. The summed E-state index contributed by atoms with van der Waals surface area (Å²) in [6.45, 7) is 1.97. The van der Waals surface area contributed by atoms with Crippen LogP contribution in [-0.4, -0.2) is 15.6 Å². The van der Waals surface area contributed by atoms with E-state index in [0.29, 0.717) is 5.56 Å². The van der Waals surface area contributed by atoms with Crippen LogP contribution in [0.3, 0.4) is 0 Å². The van der Waals surface area contributed by atoms with Crippen molar-refractivity contribution in [2.75, 3.05) is 0 Å². The minimum atomic E-state index is 0.0646. The molecule has 0 unspecified atom stereocenters. The molecule has 0 saturated carbocycles. The van der Waals surface area contributed by atoms with Crippen LogP contribution in [0.15, 0.2) is 38.7 Å². The van der Waals surface area contributed by atoms with E-state index in [9.17, 15) is 0 Å². The number of hydrogen-bond donors (Lipinski definition) is 2. The predicted octanol–water partition coefficient (Wildman–Crippen LogP) is 2.93. The summed E-state index contributed by atoms with van der Waals surface area (Å²) in [5.74, 6) is 0.0646. The number of rotatable bonds is 3. The van der Waals surface area contributed by atoms with Gasteiger partial charge in [-0.3, -0.25) is 10.1 Å². The van der Waals surface area contributed by atoms with Crippen molar-refractivity contribution in [2.24, 2.45) is 12.8 Å². The molecule has 0 aliphatic heterocycles. The second-order valence-electron chi connectivity index (χ2n) is 3.90. The third-order valence-corrected chi connectivity index (χ3v) is 4.15. The Morgan fingerprint density at radius 2 is 2.17 bits per heavy atom. The first kappa shape index (κ1) is 13.2. The van der Waals surface area contributed by atoms with Crippen LogP contribution in [0.4, 0.5) is 0 Å². The summed E-state index contributed by atoms with van der Waals surface area (Å²) in [7, 11) is 1.92. The number of nitrogens with one attached hydrogen (secondary N) is 1. The van der Waals surface area contributed by atoms with E-state index in [-0.39, 0.29) is 5.84 Å². The fraction of sp³-hybridized carbons (Fsp3) is 0.167. The van der Waals surface area contributed by atoms with Crippen LogP contribution in [0.5, 0.6) is 0 Å². The Morgan fingerprint density at radius 1 is 1.44 bits per heavy atom. The lowest BCUT2D eigenvalue weighted by molar-refractivity contribution is 0.692. The van der Waals surface area contributed by atoms with Gasteiger partial charge >= 0.3 is 0 Å². The molecule has 4 nitrogen and oxygen atoms in total. The quantitative estimate of drug-likeness (QED) is 0.673. The van der Waals surface area contributed by atoms with Crippen molar-refractivity contribution in [1.29, 1.82) is 5.41 Å². The van der Waals surface area contributed by atoms with Crippen molar-refractivity contribution in [2.45, 2.75) is 16.8 Å². The van der Waals surface area contributed by atoms with E-state index in [1.165, 1.54) is 0 Å². The fourth-order valence-electron chi connectivity index (χ4n) is 1.58. The zero-order valence-electron chi connectivity index (χ0n) is 10.1. The molecule has 2 aromatic rings. The molecule has 18 heavy (non-hydrogen) atoms. The molecule has 0 aliphatic rings. The Hall–Kier alpha value is -1.27. The zero-order valence-corrected chi connectivity index (χ0v) is 12.5. The number of halogens is 1. The Balaban J connectivity index is 2.28. The fourth-order valence-corrected chi connectivity index (χ4v) is 3.28. The average molecular weight is 325 g/mol. The van der Waals surface area contributed by atoms with Gasteiger partial charge in [0.25, 0.3) is 0 Å². The number of aromatic nitrogens is 2.